The fourth-order valence-corrected chi connectivity index (χ4v) is 3.84. The van der Waals surface area contributed by atoms with Crippen LogP contribution in [0.25, 0.3) is 0 Å². The highest BCUT2D eigenvalue weighted by atomic mass is 32.2. The van der Waals surface area contributed by atoms with Gasteiger partial charge in [0, 0.05) is 42.5 Å². The highest BCUT2D eigenvalue weighted by Gasteiger charge is 2.18. The zero-order valence-corrected chi connectivity index (χ0v) is 15.0. The predicted molar refractivity (Wildman–Crippen MR) is 95.6 cm³/mol. The second-order valence-corrected chi connectivity index (χ2v) is 6.87. The first-order chi connectivity index (χ1) is 12.1. The average Bonchev–Trinajstić information content (AvgIpc) is 2.82. The minimum Gasteiger partial charge on any atom is -0.496 e. The molecule has 3 rings (SSSR count). The highest BCUT2D eigenvalue weighted by molar-refractivity contribution is 7.99. The van der Waals surface area contributed by atoms with Crippen molar-refractivity contribution in [3.05, 3.63) is 47.2 Å². The summed E-state index contributed by atoms with van der Waals surface area (Å²) in [5.41, 5.74) is 2.40. The normalized spacial score (nSPS) is 14.5. The summed E-state index contributed by atoms with van der Waals surface area (Å²) in [4.78, 5) is 19.0. The molecule has 7 heteroatoms. The third-order valence-electron chi connectivity index (χ3n) is 4.09. The van der Waals surface area contributed by atoms with Crippen molar-refractivity contribution in [2.75, 3.05) is 26.5 Å². The minimum absolute atomic E-state index is 0.179. The van der Waals surface area contributed by atoms with Crippen molar-refractivity contribution in [3.63, 3.8) is 0 Å². The van der Waals surface area contributed by atoms with Gasteiger partial charge in [-0.15, -0.1) is 11.8 Å². The second-order valence-electron chi connectivity index (χ2n) is 5.73. The number of carbonyl (C=O) groups is 1. The molecule has 0 amide bonds. The lowest BCUT2D eigenvalue weighted by molar-refractivity contribution is 0.0693. The lowest BCUT2D eigenvalue weighted by Crippen LogP contribution is -2.24. The van der Waals surface area contributed by atoms with Crippen molar-refractivity contribution in [3.8, 4) is 11.6 Å². The second kappa shape index (κ2) is 7.76. The zero-order chi connectivity index (χ0) is 17.8. The van der Waals surface area contributed by atoms with Crippen LogP contribution in [0.3, 0.4) is 0 Å². The average molecular weight is 360 g/mol. The van der Waals surface area contributed by atoms with Gasteiger partial charge in [-0.25, -0.2) is 9.78 Å². The number of methoxy groups -OCH3 is 2. The molecule has 0 atom stereocenters. The molecule has 1 aromatic carbocycles. The standard InChI is InChI=1S/C18H20N2O4S/c1-23-15-7-12(3-4-14(15)18(21)22)10-20-5-6-25-16-9-19-17(24-2)8-13(16)11-20/h3-4,7-9H,5-6,10-11H2,1-2H3,(H,21,22). The number of pyridine rings is 1. The molecule has 0 radical (unpaired) electrons. The molecule has 132 valence electrons. The summed E-state index contributed by atoms with van der Waals surface area (Å²) in [6.07, 6.45) is 1.87. The van der Waals surface area contributed by atoms with E-state index in [0.29, 0.717) is 11.6 Å². The number of ether oxygens (including phenoxy) is 2. The van der Waals surface area contributed by atoms with Gasteiger partial charge < -0.3 is 14.6 Å². The van der Waals surface area contributed by atoms with E-state index in [4.69, 9.17) is 9.47 Å². The van der Waals surface area contributed by atoms with Crippen LogP contribution in [0, 0.1) is 0 Å². The highest BCUT2D eigenvalue weighted by Crippen LogP contribution is 2.30. The third-order valence-corrected chi connectivity index (χ3v) is 5.16. The van der Waals surface area contributed by atoms with Crippen LogP contribution < -0.4 is 9.47 Å². The van der Waals surface area contributed by atoms with Gasteiger partial charge >= 0.3 is 5.97 Å². The molecule has 0 saturated carbocycles. The van der Waals surface area contributed by atoms with E-state index in [2.05, 4.69) is 9.88 Å². The van der Waals surface area contributed by atoms with E-state index in [-0.39, 0.29) is 5.56 Å². The summed E-state index contributed by atoms with van der Waals surface area (Å²) in [6.45, 7) is 2.45. The lowest BCUT2D eigenvalue weighted by atomic mass is 10.1. The Bertz CT molecular complexity index is 782. The van der Waals surface area contributed by atoms with Gasteiger partial charge in [0.05, 0.1) is 14.2 Å². The van der Waals surface area contributed by atoms with E-state index in [0.717, 1.165) is 31.0 Å². The van der Waals surface area contributed by atoms with Crippen molar-refractivity contribution in [1.29, 1.82) is 0 Å². The molecule has 1 aliphatic rings. The fraction of sp³-hybridized carbons (Fsp3) is 0.333. The summed E-state index contributed by atoms with van der Waals surface area (Å²) in [6, 6.07) is 7.23. The number of hydrogen-bond acceptors (Lipinski definition) is 6. The first-order valence-corrected chi connectivity index (χ1v) is 8.87. The van der Waals surface area contributed by atoms with E-state index < -0.39 is 5.97 Å². The largest absolute Gasteiger partial charge is 0.496 e. The van der Waals surface area contributed by atoms with Crippen LogP contribution in [0.2, 0.25) is 0 Å². The first kappa shape index (κ1) is 17.6. The predicted octanol–water partition coefficient (Wildman–Crippen LogP) is 2.90. The Morgan fingerprint density at radius 2 is 2.16 bits per heavy atom. The van der Waals surface area contributed by atoms with Crippen LogP contribution in [-0.4, -0.2) is 47.5 Å². The molecule has 0 saturated heterocycles. The van der Waals surface area contributed by atoms with Gasteiger partial charge in [0.2, 0.25) is 5.88 Å². The lowest BCUT2D eigenvalue weighted by Gasteiger charge is -2.21. The number of nitrogens with zero attached hydrogens (tertiary/aromatic N) is 2. The monoisotopic (exact) mass is 360 g/mol. The van der Waals surface area contributed by atoms with Crippen LogP contribution in [0.4, 0.5) is 0 Å². The maximum atomic E-state index is 11.2. The quantitative estimate of drug-likeness (QED) is 0.879. The number of thioether (sulfide) groups is 1. The number of carboxylic acid groups (broad SMARTS) is 1. The van der Waals surface area contributed by atoms with Gasteiger partial charge in [0.1, 0.15) is 11.3 Å². The van der Waals surface area contributed by atoms with E-state index >= 15 is 0 Å². The molecule has 0 spiro atoms. The van der Waals surface area contributed by atoms with Crippen molar-refractivity contribution in [2.45, 2.75) is 18.0 Å². The van der Waals surface area contributed by atoms with Gasteiger partial charge in [-0.05, 0) is 23.3 Å². The van der Waals surface area contributed by atoms with E-state index in [1.165, 1.54) is 17.6 Å². The van der Waals surface area contributed by atoms with E-state index in [9.17, 15) is 9.90 Å². The Balaban J connectivity index is 1.79. The Labute approximate surface area is 150 Å². The van der Waals surface area contributed by atoms with Crippen LogP contribution in [-0.2, 0) is 13.1 Å². The van der Waals surface area contributed by atoms with Gasteiger partial charge in [0.25, 0.3) is 0 Å². The Kier molecular flexibility index (Phi) is 5.45. The molecule has 1 aromatic heterocycles. The molecular formula is C18H20N2O4S. The number of aromatic nitrogens is 1. The van der Waals surface area contributed by atoms with E-state index in [1.54, 1.807) is 31.0 Å². The molecule has 1 N–H and O–H groups in total. The summed E-state index contributed by atoms with van der Waals surface area (Å²) in [5.74, 6) is 1.00. The molecule has 0 fully saturated rings. The van der Waals surface area contributed by atoms with E-state index in [1.807, 2.05) is 18.3 Å². The molecule has 2 heterocycles. The van der Waals surface area contributed by atoms with Gasteiger partial charge in [-0.3, -0.25) is 4.90 Å². The minimum atomic E-state index is -0.983. The smallest absolute Gasteiger partial charge is 0.339 e. The molecule has 6 nitrogen and oxygen atoms in total. The van der Waals surface area contributed by atoms with Crippen LogP contribution in [0.15, 0.2) is 35.4 Å². The third kappa shape index (κ3) is 4.05. The molecule has 2 aromatic rings. The van der Waals surface area contributed by atoms with Gasteiger partial charge in [0.15, 0.2) is 0 Å². The fourth-order valence-electron chi connectivity index (χ4n) is 2.84. The van der Waals surface area contributed by atoms with Crippen molar-refractivity contribution < 1.29 is 19.4 Å². The number of aromatic carboxylic acids is 1. The number of benzene rings is 1. The summed E-state index contributed by atoms with van der Waals surface area (Å²) < 4.78 is 10.4. The molecule has 0 bridgehead atoms. The van der Waals surface area contributed by atoms with Crippen LogP contribution in [0.5, 0.6) is 11.6 Å². The number of carboxylic acids is 1. The molecule has 0 aliphatic carbocycles. The van der Waals surface area contributed by atoms with Crippen LogP contribution >= 0.6 is 11.8 Å². The summed E-state index contributed by atoms with van der Waals surface area (Å²) >= 11 is 1.79. The molecule has 1 aliphatic heterocycles. The Morgan fingerprint density at radius 3 is 2.88 bits per heavy atom. The van der Waals surface area contributed by atoms with Crippen molar-refractivity contribution in [1.82, 2.24) is 9.88 Å². The molecule has 0 unspecified atom stereocenters. The SMILES string of the molecule is COc1cc2c(cn1)SCCN(Cc1ccc(C(=O)O)c(OC)c1)C2. The van der Waals surface area contributed by atoms with Gasteiger partial charge in [-0.2, -0.15) is 0 Å². The van der Waals surface area contributed by atoms with Crippen molar-refractivity contribution >= 4 is 17.7 Å². The van der Waals surface area contributed by atoms with Crippen LogP contribution in [0.1, 0.15) is 21.5 Å². The topological polar surface area (TPSA) is 71.9 Å². The summed E-state index contributed by atoms with van der Waals surface area (Å²) in [5, 5.41) is 9.19. The maximum Gasteiger partial charge on any atom is 0.339 e. The number of fused-ring (bicyclic) bond motifs is 1. The zero-order valence-electron chi connectivity index (χ0n) is 14.2. The maximum absolute atomic E-state index is 11.2. The van der Waals surface area contributed by atoms with Gasteiger partial charge in [-0.1, -0.05) is 6.07 Å². The first-order valence-electron chi connectivity index (χ1n) is 7.89. The summed E-state index contributed by atoms with van der Waals surface area (Å²) in [7, 11) is 3.11. The number of hydrogen-bond donors (Lipinski definition) is 1. The Morgan fingerprint density at radius 1 is 1.32 bits per heavy atom. The molecular weight excluding hydrogens is 340 g/mol. The van der Waals surface area contributed by atoms with Crippen molar-refractivity contribution in [2.24, 2.45) is 0 Å². The molecule has 25 heavy (non-hydrogen) atoms. The Hall–Kier alpha value is -2.25. The number of rotatable bonds is 5.